The topological polar surface area (TPSA) is 18.5 Å². The molecule has 0 aromatic heterocycles. The van der Waals surface area contributed by atoms with Crippen LogP contribution in [0.3, 0.4) is 0 Å². The maximum Gasteiger partial charge on any atom is 0.155 e. The standard InChI is InChI=1S/C24H36O2/c1-15-6-8-20(9-7-15)26-16(2)25-11-10-18-12-19-14-22(18)23-13-17-4-3-5-21(17)24(19)23/h4,6,8,15-16,18-24H,3,5,7,9-14H2,1-2H3. The molecule has 0 radical (unpaired) electrons. The van der Waals surface area contributed by atoms with Gasteiger partial charge >= 0.3 is 0 Å². The van der Waals surface area contributed by atoms with Gasteiger partial charge in [0.15, 0.2) is 6.29 Å². The van der Waals surface area contributed by atoms with E-state index in [0.717, 1.165) is 48.5 Å². The molecular formula is C24H36O2. The van der Waals surface area contributed by atoms with Gasteiger partial charge in [0.1, 0.15) is 0 Å². The Labute approximate surface area is 159 Å². The average Bonchev–Trinajstić information content (AvgIpc) is 3.34. The van der Waals surface area contributed by atoms with Crippen LogP contribution >= 0.6 is 0 Å². The number of fused-ring (bicyclic) bond motifs is 7. The van der Waals surface area contributed by atoms with Crippen molar-refractivity contribution in [3.05, 3.63) is 23.8 Å². The highest BCUT2D eigenvalue weighted by molar-refractivity contribution is 5.25. The van der Waals surface area contributed by atoms with Crippen LogP contribution in [0.4, 0.5) is 0 Å². The van der Waals surface area contributed by atoms with Crippen LogP contribution in [-0.4, -0.2) is 19.0 Å². The van der Waals surface area contributed by atoms with Crippen LogP contribution < -0.4 is 0 Å². The van der Waals surface area contributed by atoms with Gasteiger partial charge < -0.3 is 9.47 Å². The molecule has 0 saturated heterocycles. The van der Waals surface area contributed by atoms with Crippen molar-refractivity contribution >= 4 is 0 Å². The van der Waals surface area contributed by atoms with E-state index in [9.17, 15) is 0 Å². The highest BCUT2D eigenvalue weighted by Crippen LogP contribution is 2.66. The molecule has 0 N–H and O–H groups in total. The number of hydrogen-bond donors (Lipinski definition) is 0. The molecule has 0 amide bonds. The Kier molecular flexibility index (Phi) is 4.77. The first-order valence-corrected chi connectivity index (χ1v) is 11.3. The highest BCUT2D eigenvalue weighted by Gasteiger charge is 2.58. The summed E-state index contributed by atoms with van der Waals surface area (Å²) in [5.41, 5.74) is 1.85. The average molecular weight is 357 g/mol. The first-order valence-electron chi connectivity index (χ1n) is 11.3. The molecule has 144 valence electrons. The predicted molar refractivity (Wildman–Crippen MR) is 105 cm³/mol. The quantitative estimate of drug-likeness (QED) is 0.446. The summed E-state index contributed by atoms with van der Waals surface area (Å²) in [6.07, 6.45) is 18.2. The monoisotopic (exact) mass is 356 g/mol. The number of allylic oxidation sites excluding steroid dienone is 3. The van der Waals surface area contributed by atoms with Gasteiger partial charge in [-0.1, -0.05) is 30.7 Å². The molecule has 3 saturated carbocycles. The molecule has 26 heavy (non-hydrogen) atoms. The van der Waals surface area contributed by atoms with Crippen LogP contribution in [-0.2, 0) is 9.47 Å². The number of ether oxygens (including phenoxy) is 2. The second-order valence-corrected chi connectivity index (χ2v) is 9.90. The van der Waals surface area contributed by atoms with Crippen molar-refractivity contribution < 1.29 is 9.47 Å². The second-order valence-electron chi connectivity index (χ2n) is 9.90. The lowest BCUT2D eigenvalue weighted by molar-refractivity contribution is -0.154. The minimum atomic E-state index is -0.0691. The van der Waals surface area contributed by atoms with Crippen LogP contribution in [0.1, 0.15) is 65.2 Å². The molecule has 9 atom stereocenters. The summed E-state index contributed by atoms with van der Waals surface area (Å²) >= 11 is 0. The van der Waals surface area contributed by atoms with Crippen molar-refractivity contribution in [1.82, 2.24) is 0 Å². The fourth-order valence-corrected chi connectivity index (χ4v) is 7.37. The summed E-state index contributed by atoms with van der Waals surface area (Å²) in [5.74, 6) is 6.74. The molecular weight excluding hydrogens is 320 g/mol. The minimum absolute atomic E-state index is 0.0691. The fourth-order valence-electron chi connectivity index (χ4n) is 7.37. The number of rotatable bonds is 6. The largest absolute Gasteiger partial charge is 0.353 e. The molecule has 5 rings (SSSR count). The first kappa shape index (κ1) is 17.5. The van der Waals surface area contributed by atoms with Crippen molar-refractivity contribution in [2.24, 2.45) is 41.4 Å². The van der Waals surface area contributed by atoms with Crippen molar-refractivity contribution in [2.45, 2.75) is 77.6 Å². The Morgan fingerprint density at radius 3 is 2.88 bits per heavy atom. The summed E-state index contributed by atoms with van der Waals surface area (Å²) in [6.45, 7) is 5.24. The highest BCUT2D eigenvalue weighted by atomic mass is 16.7. The van der Waals surface area contributed by atoms with Crippen LogP contribution in [0, 0.1) is 41.4 Å². The molecule has 0 aliphatic heterocycles. The molecule has 5 aliphatic carbocycles. The Morgan fingerprint density at radius 2 is 2.04 bits per heavy atom. The molecule has 0 spiro atoms. The maximum atomic E-state index is 6.07. The fraction of sp³-hybridized carbons (Fsp3) is 0.833. The van der Waals surface area contributed by atoms with E-state index in [-0.39, 0.29) is 12.4 Å². The van der Waals surface area contributed by atoms with Crippen molar-refractivity contribution in [3.8, 4) is 0 Å². The van der Waals surface area contributed by atoms with E-state index in [4.69, 9.17) is 9.47 Å². The van der Waals surface area contributed by atoms with Crippen LogP contribution in [0.25, 0.3) is 0 Å². The first-order chi connectivity index (χ1) is 12.7. The zero-order valence-electron chi connectivity index (χ0n) is 16.6. The summed E-state index contributed by atoms with van der Waals surface area (Å²) < 4.78 is 12.1. The summed E-state index contributed by atoms with van der Waals surface area (Å²) in [7, 11) is 0. The molecule has 0 heterocycles. The van der Waals surface area contributed by atoms with E-state index in [1.165, 1.54) is 44.9 Å². The summed E-state index contributed by atoms with van der Waals surface area (Å²) in [6, 6.07) is 0. The third-order valence-electron chi connectivity index (χ3n) is 8.44. The third kappa shape index (κ3) is 3.11. The van der Waals surface area contributed by atoms with E-state index in [1.807, 2.05) is 5.57 Å². The maximum absolute atomic E-state index is 6.07. The van der Waals surface area contributed by atoms with Gasteiger partial charge in [-0.05, 0) is 99.7 Å². The van der Waals surface area contributed by atoms with Gasteiger partial charge in [-0.3, -0.25) is 0 Å². The Balaban J connectivity index is 1.08. The van der Waals surface area contributed by atoms with Crippen molar-refractivity contribution in [3.63, 3.8) is 0 Å². The molecule has 2 bridgehead atoms. The van der Waals surface area contributed by atoms with E-state index in [2.05, 4.69) is 32.1 Å². The molecule has 2 heteroatoms. The normalized spacial score (nSPS) is 47.1. The van der Waals surface area contributed by atoms with Gasteiger partial charge in [0.25, 0.3) is 0 Å². The van der Waals surface area contributed by atoms with Gasteiger partial charge in [-0.15, -0.1) is 0 Å². The SMILES string of the molecule is CC1C=CC(OC(C)OCCC2CC3CC2C2CC4=CCCC4C32)CC1. The second kappa shape index (κ2) is 7.09. The molecule has 0 aromatic carbocycles. The lowest BCUT2D eigenvalue weighted by Crippen LogP contribution is -2.29. The Bertz CT molecular complexity index is 579. The smallest absolute Gasteiger partial charge is 0.155 e. The molecule has 5 aliphatic rings. The Hall–Kier alpha value is -0.600. The van der Waals surface area contributed by atoms with Crippen LogP contribution in [0.2, 0.25) is 0 Å². The van der Waals surface area contributed by atoms with E-state index >= 15 is 0 Å². The van der Waals surface area contributed by atoms with Gasteiger partial charge in [-0.25, -0.2) is 0 Å². The lowest BCUT2D eigenvalue weighted by atomic mass is 9.72. The summed E-state index contributed by atoms with van der Waals surface area (Å²) in [5, 5.41) is 0. The zero-order chi connectivity index (χ0) is 17.7. The zero-order valence-corrected chi connectivity index (χ0v) is 16.6. The van der Waals surface area contributed by atoms with Crippen molar-refractivity contribution in [2.75, 3.05) is 6.61 Å². The third-order valence-corrected chi connectivity index (χ3v) is 8.44. The van der Waals surface area contributed by atoms with Crippen molar-refractivity contribution in [1.29, 1.82) is 0 Å². The van der Waals surface area contributed by atoms with Crippen LogP contribution in [0.15, 0.2) is 23.8 Å². The van der Waals surface area contributed by atoms with E-state index in [1.54, 1.807) is 0 Å². The lowest BCUT2D eigenvalue weighted by Gasteiger charge is -2.33. The molecule has 3 fully saturated rings. The van der Waals surface area contributed by atoms with Gasteiger partial charge in [0, 0.05) is 6.61 Å². The Morgan fingerprint density at radius 1 is 1.12 bits per heavy atom. The van der Waals surface area contributed by atoms with Gasteiger partial charge in [-0.2, -0.15) is 0 Å². The summed E-state index contributed by atoms with van der Waals surface area (Å²) in [4.78, 5) is 0. The van der Waals surface area contributed by atoms with Crippen LogP contribution in [0.5, 0.6) is 0 Å². The van der Waals surface area contributed by atoms with Gasteiger partial charge in [0.2, 0.25) is 0 Å². The predicted octanol–water partition coefficient (Wildman–Crippen LogP) is 5.74. The number of hydrogen-bond acceptors (Lipinski definition) is 2. The van der Waals surface area contributed by atoms with Gasteiger partial charge in [0.05, 0.1) is 6.10 Å². The molecule has 9 unspecified atom stereocenters. The van der Waals surface area contributed by atoms with E-state index in [0.29, 0.717) is 5.92 Å². The minimum Gasteiger partial charge on any atom is -0.353 e. The molecule has 2 nitrogen and oxygen atoms in total. The van der Waals surface area contributed by atoms with E-state index < -0.39 is 0 Å². The molecule has 0 aromatic rings.